The molecule has 16 aromatic rings. The van der Waals surface area contributed by atoms with Gasteiger partial charge in [-0.2, -0.15) is 0 Å². The van der Waals surface area contributed by atoms with E-state index in [1.165, 1.54) is 44.5 Å². The third-order valence-electron chi connectivity index (χ3n) is 21.1. The first-order chi connectivity index (χ1) is 47.7. The van der Waals surface area contributed by atoms with E-state index in [0.717, 1.165) is 155 Å². The molecule has 0 fully saturated rings. The number of nitrogens with one attached hydrogen (secondary N) is 1. The predicted octanol–water partition coefficient (Wildman–Crippen LogP) is 24.4. The van der Waals surface area contributed by atoms with E-state index in [4.69, 9.17) is 18.2 Å². The van der Waals surface area contributed by atoms with Gasteiger partial charge in [-0.15, -0.1) is 0 Å². The van der Waals surface area contributed by atoms with E-state index < -0.39 is 5.41 Å². The van der Waals surface area contributed by atoms with Crippen LogP contribution in [0.3, 0.4) is 0 Å². The van der Waals surface area contributed by atoms with Gasteiger partial charge in [0.2, 0.25) is 0 Å². The van der Waals surface area contributed by atoms with Crippen LogP contribution in [-0.2, 0) is 16.2 Å². The lowest BCUT2D eigenvalue weighted by Crippen LogP contribution is -2.33. The van der Waals surface area contributed by atoms with Crippen LogP contribution < -0.4 is 15.1 Å². The van der Waals surface area contributed by atoms with Crippen molar-refractivity contribution in [2.24, 2.45) is 0 Å². The fourth-order valence-electron chi connectivity index (χ4n) is 16.6. The second-order valence-electron chi connectivity index (χ2n) is 29.1. The largest absolute Gasteiger partial charge is 0.455 e. The highest BCUT2D eigenvalue weighted by molar-refractivity contribution is 6.24. The summed E-state index contributed by atoms with van der Waals surface area (Å²) in [5.74, 6) is 1.73. The van der Waals surface area contributed by atoms with Crippen molar-refractivity contribution in [3.8, 4) is 33.4 Å². The van der Waals surface area contributed by atoms with Crippen LogP contribution in [0.2, 0.25) is 0 Å². The van der Waals surface area contributed by atoms with Crippen molar-refractivity contribution in [3.05, 3.63) is 317 Å². The summed E-state index contributed by atoms with van der Waals surface area (Å²) in [6.07, 6.45) is 4.38. The Hall–Kier alpha value is -11.7. The molecule has 0 saturated carbocycles. The molecule has 0 bridgehead atoms. The molecule has 12 aromatic carbocycles. The van der Waals surface area contributed by atoms with E-state index >= 15 is 0 Å². The number of aromatic nitrogens is 1. The van der Waals surface area contributed by atoms with Crippen molar-refractivity contribution in [1.29, 1.82) is 0 Å². The van der Waals surface area contributed by atoms with Gasteiger partial charge in [0.15, 0.2) is 0 Å². The van der Waals surface area contributed by atoms with Crippen LogP contribution in [0.4, 0.5) is 28.6 Å². The quantitative estimate of drug-likeness (QED) is 0.163. The molecule has 2 aliphatic carbocycles. The van der Waals surface area contributed by atoms with Gasteiger partial charge in [0, 0.05) is 84.3 Å². The Labute approximate surface area is 569 Å². The first kappa shape index (κ1) is 57.7. The number of benzene rings is 12. The molecule has 19 rings (SSSR count). The Balaban J connectivity index is 0.955. The van der Waals surface area contributed by atoms with Crippen LogP contribution >= 0.6 is 0 Å². The molecule has 1 aliphatic heterocycles. The Morgan fingerprint density at radius 2 is 0.867 bits per heavy atom. The molecule has 0 amide bonds. The summed E-state index contributed by atoms with van der Waals surface area (Å²) in [7, 11) is 0. The zero-order valence-electron chi connectivity index (χ0n) is 56.1. The van der Waals surface area contributed by atoms with E-state index in [0.29, 0.717) is 6.54 Å². The van der Waals surface area contributed by atoms with Gasteiger partial charge in [0.1, 0.15) is 45.1 Å². The average Bonchev–Trinajstić information content (AvgIpc) is 1.49. The third-order valence-corrected chi connectivity index (χ3v) is 21.1. The lowest BCUT2D eigenvalue weighted by atomic mass is 9.70. The summed E-state index contributed by atoms with van der Waals surface area (Å²) in [4.78, 5) is 10.6. The highest BCUT2D eigenvalue weighted by atomic mass is 16.3. The molecule has 0 saturated heterocycles. The van der Waals surface area contributed by atoms with Gasteiger partial charge in [-0.25, -0.2) is 4.98 Å². The zero-order chi connectivity index (χ0) is 66.1. The van der Waals surface area contributed by atoms with Crippen molar-refractivity contribution < 1.29 is 13.3 Å². The fourth-order valence-corrected chi connectivity index (χ4v) is 16.6. The minimum Gasteiger partial charge on any atom is -0.455 e. The molecular weight excluding hydrogens is 1200 g/mol. The Morgan fingerprint density at radius 3 is 1.48 bits per heavy atom. The van der Waals surface area contributed by atoms with E-state index in [1.807, 2.05) is 12.3 Å². The van der Waals surface area contributed by atoms with E-state index in [9.17, 15) is 0 Å². The summed E-state index contributed by atoms with van der Waals surface area (Å²) in [6.45, 7) is 18.7. The first-order valence-electron chi connectivity index (χ1n) is 34.2. The van der Waals surface area contributed by atoms with Crippen LogP contribution in [0, 0.1) is 6.92 Å². The van der Waals surface area contributed by atoms with Gasteiger partial charge in [0.25, 0.3) is 0 Å². The van der Waals surface area contributed by atoms with Gasteiger partial charge < -0.3 is 18.6 Å². The van der Waals surface area contributed by atoms with Crippen LogP contribution in [0.1, 0.15) is 93.0 Å². The number of pyridine rings is 1. The van der Waals surface area contributed by atoms with Gasteiger partial charge >= 0.3 is 0 Å². The smallest absolute Gasteiger partial charge is 0.145 e. The van der Waals surface area contributed by atoms with Crippen LogP contribution in [0.5, 0.6) is 0 Å². The summed E-state index contributed by atoms with van der Waals surface area (Å²) in [6, 6.07) is 91.6. The maximum Gasteiger partial charge on any atom is 0.145 e. The number of hydrogen-bond donors (Lipinski definition) is 1. The number of furan rings is 3. The molecule has 1 N–H and O–H groups in total. The van der Waals surface area contributed by atoms with Gasteiger partial charge in [0.05, 0.1) is 22.2 Å². The zero-order valence-corrected chi connectivity index (χ0v) is 56.1. The molecule has 1 spiro atoms. The van der Waals surface area contributed by atoms with Gasteiger partial charge in [-0.05, 0) is 152 Å². The van der Waals surface area contributed by atoms with Crippen molar-refractivity contribution >= 4 is 111 Å². The van der Waals surface area contributed by atoms with E-state index in [2.05, 4.69) is 319 Å². The molecular formula is C91H70N4O3. The lowest BCUT2D eigenvalue weighted by Gasteiger charge is -2.36. The molecule has 5 heterocycles. The molecule has 0 radical (unpaired) electrons. The van der Waals surface area contributed by atoms with E-state index in [-0.39, 0.29) is 10.8 Å². The molecule has 3 aliphatic rings. The maximum absolute atomic E-state index is 7.74. The fraction of sp³-hybridized carbons (Fsp3) is 0.132. The third kappa shape index (κ3) is 8.38. The van der Waals surface area contributed by atoms with Crippen molar-refractivity contribution in [3.63, 3.8) is 0 Å². The average molecular weight is 1270 g/mol. The standard InChI is InChI=1S/C91H70N4O3/c1-53-47-70(67-32-21-30-65-62-26-13-18-36-78(62)96-84(65)67)87(92-51-53)94(57-43-39-55(40-44-57)89(3,4)5)76-49-74-81(64-28-10-9-25-61(64)76)83-75(91(74)72-34-16-11-23-59(72)60-24-12-17-35-73(60)91)50-77(82-69-29-15-20-38-80(69)98-86(82)83)95(58-45-41-56(42-46-58)90(6,7)8)88-71(48-54(2)52-93-88)68-33-22-31-66-63-27-14-19-37-79(63)97-85(66)68/h9-50,52,92H,51H2,1-8H3. The molecule has 0 atom stereocenters. The normalized spacial score (nSPS) is 14.1. The Bertz CT molecular complexity index is 6070. The second-order valence-corrected chi connectivity index (χ2v) is 29.1. The Kier molecular flexibility index (Phi) is 12.5. The topological polar surface area (TPSA) is 70.8 Å². The SMILES string of the molecule is CC1=CC(c2cccc3c2oc2ccccc23)=C(N(c2ccc(C(C)(C)C)cc2)c2cc3c(c4ccccc24)-c2c(cc(N(c4ccc(C(C)(C)C)cc4)c4ncc(C)cc4-c4cccc5c4oc4ccccc45)c4c2oc2ccccc24)C32c3ccccc3-c3ccccc32)NC1. The van der Waals surface area contributed by atoms with Crippen LogP contribution in [0.15, 0.2) is 286 Å². The minimum absolute atomic E-state index is 0.0820. The summed E-state index contributed by atoms with van der Waals surface area (Å²) < 4.78 is 21.6. The molecule has 7 heteroatoms. The van der Waals surface area contributed by atoms with Crippen LogP contribution in [-0.4, -0.2) is 11.5 Å². The molecule has 0 unspecified atom stereocenters. The molecule has 4 aromatic heterocycles. The number of hydrogen-bond acceptors (Lipinski definition) is 7. The second kappa shape index (κ2) is 21.2. The summed E-state index contributed by atoms with van der Waals surface area (Å²) >= 11 is 0. The summed E-state index contributed by atoms with van der Waals surface area (Å²) in [5, 5.41) is 12.6. The van der Waals surface area contributed by atoms with E-state index in [1.54, 1.807) is 0 Å². The highest BCUT2D eigenvalue weighted by Crippen LogP contribution is 2.68. The maximum atomic E-state index is 7.74. The minimum atomic E-state index is -0.904. The van der Waals surface area contributed by atoms with Gasteiger partial charge in [-0.1, -0.05) is 235 Å². The number of nitrogens with zero attached hydrogens (tertiary/aromatic N) is 3. The van der Waals surface area contributed by atoms with Crippen molar-refractivity contribution in [1.82, 2.24) is 10.3 Å². The number of anilines is 5. The van der Waals surface area contributed by atoms with Gasteiger partial charge in [-0.3, -0.25) is 9.80 Å². The predicted molar refractivity (Wildman–Crippen MR) is 406 cm³/mol. The molecule has 7 nitrogen and oxygen atoms in total. The van der Waals surface area contributed by atoms with Crippen LogP contribution in [0.25, 0.3) is 116 Å². The Morgan fingerprint density at radius 1 is 0.398 bits per heavy atom. The van der Waals surface area contributed by atoms with Crippen molar-refractivity contribution in [2.45, 2.75) is 71.6 Å². The monoisotopic (exact) mass is 1270 g/mol. The van der Waals surface area contributed by atoms with Crippen molar-refractivity contribution in [2.75, 3.05) is 16.3 Å². The number of dihydropyridines is 1. The molecule has 98 heavy (non-hydrogen) atoms. The summed E-state index contributed by atoms with van der Waals surface area (Å²) in [5.41, 5.74) is 25.9. The number of aryl methyl sites for hydroxylation is 1. The first-order valence-corrected chi connectivity index (χ1v) is 34.2. The molecule has 472 valence electrons. The lowest BCUT2D eigenvalue weighted by molar-refractivity contribution is 0.590. The number of para-hydroxylation sites is 5. The number of fused-ring (bicyclic) bond motifs is 22. The number of rotatable bonds is 8. The highest BCUT2D eigenvalue weighted by Gasteiger charge is 2.54. The number of allylic oxidation sites excluding steroid dienone is 2.